The first-order valence-electron chi connectivity index (χ1n) is 6.92. The largest absolute Gasteiger partial charge is 0.469 e. The van der Waals surface area contributed by atoms with Crippen LogP contribution in [-0.2, 0) is 14.3 Å². The monoisotopic (exact) mass is 377 g/mol. The summed E-state index contributed by atoms with van der Waals surface area (Å²) in [6.07, 6.45) is 0.164. The number of carbonyl (C=O) groups is 2. The molecule has 0 saturated carbocycles. The Labute approximate surface area is 142 Å². The molecular weight excluding hydrogens is 362 g/mol. The summed E-state index contributed by atoms with van der Waals surface area (Å²) in [7, 11) is 2.69. The van der Waals surface area contributed by atoms with Gasteiger partial charge in [-0.1, -0.05) is 18.2 Å². The van der Waals surface area contributed by atoms with Gasteiger partial charge in [0.1, 0.15) is 4.60 Å². The fraction of sp³-hybridized carbons (Fsp3) is 0.235. The Bertz CT molecular complexity index is 700. The van der Waals surface area contributed by atoms with Crippen LogP contribution >= 0.6 is 15.9 Å². The van der Waals surface area contributed by atoms with Crippen LogP contribution in [0.3, 0.4) is 0 Å². The van der Waals surface area contributed by atoms with Crippen LogP contribution in [0.25, 0.3) is 0 Å². The van der Waals surface area contributed by atoms with Gasteiger partial charge in [-0.15, -0.1) is 0 Å². The van der Waals surface area contributed by atoms with E-state index < -0.39 is 5.97 Å². The summed E-state index contributed by atoms with van der Waals surface area (Å²) >= 11 is 3.34. The van der Waals surface area contributed by atoms with Gasteiger partial charge in [-0.2, -0.15) is 0 Å². The highest BCUT2D eigenvalue weighted by Gasteiger charge is 2.20. The Morgan fingerprint density at radius 2 is 1.78 bits per heavy atom. The van der Waals surface area contributed by atoms with Gasteiger partial charge in [0, 0.05) is 11.6 Å². The maximum atomic E-state index is 11.7. The van der Waals surface area contributed by atoms with Crippen molar-refractivity contribution >= 4 is 27.9 Å². The zero-order chi connectivity index (χ0) is 16.8. The van der Waals surface area contributed by atoms with Gasteiger partial charge in [-0.25, -0.2) is 9.78 Å². The van der Waals surface area contributed by atoms with Crippen LogP contribution in [0, 0.1) is 0 Å². The Morgan fingerprint density at radius 1 is 1.09 bits per heavy atom. The van der Waals surface area contributed by atoms with E-state index in [0.29, 0.717) is 10.2 Å². The predicted molar refractivity (Wildman–Crippen MR) is 88.2 cm³/mol. The first-order valence-corrected chi connectivity index (χ1v) is 7.72. The van der Waals surface area contributed by atoms with Gasteiger partial charge in [-0.3, -0.25) is 4.79 Å². The molecule has 0 radical (unpaired) electrons. The molecule has 1 atom stereocenters. The number of carbonyl (C=O) groups excluding carboxylic acids is 2. The highest BCUT2D eigenvalue weighted by molar-refractivity contribution is 9.10. The molecule has 0 aliphatic carbocycles. The number of aromatic nitrogens is 1. The van der Waals surface area contributed by atoms with Crippen molar-refractivity contribution in [3.63, 3.8) is 0 Å². The number of hydrogen-bond donors (Lipinski definition) is 0. The molecule has 0 amide bonds. The number of hydrogen-bond acceptors (Lipinski definition) is 5. The second-order valence-electron chi connectivity index (χ2n) is 4.83. The molecule has 1 unspecified atom stereocenters. The third-order valence-electron chi connectivity index (χ3n) is 3.43. The molecule has 0 aliphatic heterocycles. The first kappa shape index (κ1) is 17.1. The van der Waals surface area contributed by atoms with Crippen molar-refractivity contribution in [3.05, 3.63) is 63.9 Å². The topological polar surface area (TPSA) is 65.5 Å². The van der Waals surface area contributed by atoms with Crippen molar-refractivity contribution in [2.45, 2.75) is 12.3 Å². The Hall–Kier alpha value is -2.21. The summed E-state index contributed by atoms with van der Waals surface area (Å²) in [5, 5.41) is 0. The predicted octanol–water partition coefficient (Wildman–Crippen LogP) is 3.33. The third kappa shape index (κ3) is 4.39. The summed E-state index contributed by atoms with van der Waals surface area (Å²) in [4.78, 5) is 27.7. The lowest BCUT2D eigenvalue weighted by Crippen LogP contribution is -2.12. The average Bonchev–Trinajstić information content (AvgIpc) is 2.59. The molecule has 0 spiro atoms. The average molecular weight is 378 g/mol. The molecule has 2 rings (SSSR count). The number of methoxy groups -OCH3 is 2. The minimum absolute atomic E-state index is 0.164. The third-order valence-corrected chi connectivity index (χ3v) is 3.87. The number of pyridine rings is 1. The zero-order valence-electron chi connectivity index (χ0n) is 12.8. The molecule has 0 saturated heterocycles. The minimum Gasteiger partial charge on any atom is -0.469 e. The van der Waals surface area contributed by atoms with Crippen LogP contribution in [0.1, 0.15) is 34.0 Å². The lowest BCUT2D eigenvalue weighted by molar-refractivity contribution is -0.140. The van der Waals surface area contributed by atoms with Crippen molar-refractivity contribution in [2.24, 2.45) is 0 Å². The van der Waals surface area contributed by atoms with Crippen LogP contribution in [0.2, 0.25) is 0 Å². The van der Waals surface area contributed by atoms with E-state index >= 15 is 0 Å². The number of ether oxygens (including phenoxy) is 2. The number of nitrogens with zero attached hydrogens (tertiary/aromatic N) is 1. The maximum Gasteiger partial charge on any atom is 0.337 e. The van der Waals surface area contributed by atoms with Gasteiger partial charge in [0.2, 0.25) is 0 Å². The van der Waals surface area contributed by atoms with E-state index in [1.165, 1.54) is 14.2 Å². The van der Waals surface area contributed by atoms with Gasteiger partial charge in [0.05, 0.1) is 26.2 Å². The highest BCUT2D eigenvalue weighted by atomic mass is 79.9. The van der Waals surface area contributed by atoms with E-state index in [4.69, 9.17) is 4.74 Å². The van der Waals surface area contributed by atoms with Crippen LogP contribution in [-0.4, -0.2) is 31.1 Å². The first-order chi connectivity index (χ1) is 11.0. The van der Waals surface area contributed by atoms with Crippen molar-refractivity contribution in [3.8, 4) is 0 Å². The quantitative estimate of drug-likeness (QED) is 0.590. The zero-order valence-corrected chi connectivity index (χ0v) is 14.4. The van der Waals surface area contributed by atoms with Gasteiger partial charge >= 0.3 is 11.9 Å². The van der Waals surface area contributed by atoms with E-state index in [2.05, 4.69) is 25.7 Å². The molecule has 120 valence electrons. The van der Waals surface area contributed by atoms with Crippen molar-refractivity contribution in [1.82, 2.24) is 4.98 Å². The van der Waals surface area contributed by atoms with Crippen molar-refractivity contribution in [2.75, 3.05) is 14.2 Å². The molecule has 6 heteroatoms. The molecule has 1 heterocycles. The normalized spacial score (nSPS) is 11.6. The number of halogens is 1. The number of benzene rings is 1. The molecular formula is C17H16BrNO4. The van der Waals surface area contributed by atoms with E-state index in [1.807, 2.05) is 18.2 Å². The number of rotatable bonds is 5. The highest BCUT2D eigenvalue weighted by Crippen LogP contribution is 2.28. The molecule has 23 heavy (non-hydrogen) atoms. The molecule has 1 aromatic heterocycles. The molecule has 0 bridgehead atoms. The Balaban J connectivity index is 2.37. The smallest absolute Gasteiger partial charge is 0.337 e. The van der Waals surface area contributed by atoms with Gasteiger partial charge in [-0.05, 0) is 45.8 Å². The molecule has 2 aromatic rings. The second-order valence-corrected chi connectivity index (χ2v) is 5.64. The fourth-order valence-electron chi connectivity index (χ4n) is 2.23. The Kier molecular flexibility index (Phi) is 5.87. The van der Waals surface area contributed by atoms with Gasteiger partial charge in [0.15, 0.2) is 0 Å². The van der Waals surface area contributed by atoms with Crippen LogP contribution < -0.4 is 0 Å². The standard InChI is InChI=1S/C17H16BrNO4/c1-22-16(20)10-13(14-4-3-5-15(18)19-14)11-6-8-12(9-7-11)17(21)23-2/h3-9,13H,10H2,1-2H3. The van der Waals surface area contributed by atoms with Gasteiger partial charge in [0.25, 0.3) is 0 Å². The summed E-state index contributed by atoms with van der Waals surface area (Å²) in [5.41, 5.74) is 2.07. The Morgan fingerprint density at radius 3 is 2.35 bits per heavy atom. The lowest BCUT2D eigenvalue weighted by atomic mass is 9.91. The summed E-state index contributed by atoms with van der Waals surface area (Å²) < 4.78 is 10.2. The lowest BCUT2D eigenvalue weighted by Gasteiger charge is -2.16. The fourth-order valence-corrected chi connectivity index (χ4v) is 2.59. The summed E-state index contributed by atoms with van der Waals surface area (Å²) in [6.45, 7) is 0. The second kappa shape index (κ2) is 7.87. The maximum absolute atomic E-state index is 11.7. The van der Waals surface area contributed by atoms with Crippen LogP contribution in [0.15, 0.2) is 47.1 Å². The molecule has 5 nitrogen and oxygen atoms in total. The van der Waals surface area contributed by atoms with E-state index in [-0.39, 0.29) is 18.3 Å². The SMILES string of the molecule is COC(=O)CC(c1ccc(C(=O)OC)cc1)c1cccc(Br)n1. The van der Waals surface area contributed by atoms with Crippen molar-refractivity contribution < 1.29 is 19.1 Å². The molecule has 0 fully saturated rings. The van der Waals surface area contributed by atoms with Crippen LogP contribution in [0.4, 0.5) is 0 Å². The van der Waals surface area contributed by atoms with Gasteiger partial charge < -0.3 is 9.47 Å². The molecule has 0 N–H and O–H groups in total. The number of esters is 2. The minimum atomic E-state index is -0.401. The van der Waals surface area contributed by atoms with E-state index in [9.17, 15) is 9.59 Å². The summed E-state index contributed by atoms with van der Waals surface area (Å²) in [5.74, 6) is -0.984. The molecule has 1 aromatic carbocycles. The van der Waals surface area contributed by atoms with Crippen LogP contribution in [0.5, 0.6) is 0 Å². The van der Waals surface area contributed by atoms with E-state index in [1.54, 1.807) is 24.3 Å². The van der Waals surface area contributed by atoms with E-state index in [0.717, 1.165) is 11.3 Å². The molecule has 0 aliphatic rings. The summed E-state index contributed by atoms with van der Waals surface area (Å²) in [6, 6.07) is 12.5. The van der Waals surface area contributed by atoms with Crippen molar-refractivity contribution in [1.29, 1.82) is 0 Å².